The van der Waals surface area contributed by atoms with Crippen LogP contribution >= 0.6 is 0 Å². The zero-order chi connectivity index (χ0) is 8.97. The zero-order valence-corrected chi connectivity index (χ0v) is 8.10. The molecule has 0 aromatic heterocycles. The Morgan fingerprint density at radius 1 is 1.23 bits per heavy atom. The van der Waals surface area contributed by atoms with Crippen LogP contribution in [-0.2, 0) is 4.79 Å². The van der Waals surface area contributed by atoms with Crippen LogP contribution in [0.4, 0.5) is 0 Å². The predicted molar refractivity (Wildman–Crippen MR) is 57.0 cm³/mol. The topological polar surface area (TPSA) is 29.1 Å². The Kier molecular flexibility index (Phi) is 6.54. The van der Waals surface area contributed by atoms with E-state index >= 15 is 0 Å². The second-order valence-electron chi connectivity index (χ2n) is 4.00. The first-order valence-corrected chi connectivity index (χ1v) is 5.00. The summed E-state index contributed by atoms with van der Waals surface area (Å²) in [5.74, 6) is 0.575. The van der Waals surface area contributed by atoms with Gasteiger partial charge in [0.2, 0.25) is 5.91 Å². The number of hydrogen-bond donors (Lipinski definition) is 1. The molecule has 1 rings (SSSR count). The van der Waals surface area contributed by atoms with E-state index < -0.39 is 0 Å². The van der Waals surface area contributed by atoms with Crippen LogP contribution in [0.2, 0.25) is 0 Å². The standard InChI is InChI=1S/C10H19NO.Li.H/c1-8(2)11-10(12)9-6-4-3-5-7-9;;/h8-9H,3-7H2,1-2H3,(H,11,12);;. The molecule has 0 aromatic carbocycles. The fourth-order valence-corrected chi connectivity index (χ4v) is 1.77. The summed E-state index contributed by atoms with van der Waals surface area (Å²) in [4.78, 5) is 11.5. The van der Waals surface area contributed by atoms with Crippen LogP contribution in [0, 0.1) is 5.92 Å². The van der Waals surface area contributed by atoms with E-state index in [-0.39, 0.29) is 24.8 Å². The van der Waals surface area contributed by atoms with Gasteiger partial charge in [-0.2, -0.15) is 0 Å². The van der Waals surface area contributed by atoms with E-state index in [0.29, 0.717) is 12.0 Å². The Bertz CT molecular complexity index is 153. The number of amides is 1. The first kappa shape index (κ1) is 13.1. The van der Waals surface area contributed by atoms with Gasteiger partial charge in [-0.3, -0.25) is 4.79 Å². The average Bonchev–Trinajstić information content (AvgIpc) is 2.05. The summed E-state index contributed by atoms with van der Waals surface area (Å²) in [6.45, 7) is 4.03. The molecule has 13 heavy (non-hydrogen) atoms. The van der Waals surface area contributed by atoms with Crippen LogP contribution < -0.4 is 5.32 Å². The van der Waals surface area contributed by atoms with Gasteiger partial charge in [-0.05, 0) is 26.7 Å². The Labute approximate surface area is 93.0 Å². The molecule has 0 heterocycles. The van der Waals surface area contributed by atoms with E-state index in [2.05, 4.69) is 5.32 Å². The summed E-state index contributed by atoms with van der Waals surface area (Å²) in [6, 6.07) is 0.291. The molecule has 0 aliphatic heterocycles. The first-order valence-electron chi connectivity index (χ1n) is 5.00. The molecule has 1 aliphatic rings. The normalized spacial score (nSPS) is 18.1. The molecule has 72 valence electrons. The van der Waals surface area contributed by atoms with Gasteiger partial charge in [0.05, 0.1) is 0 Å². The van der Waals surface area contributed by atoms with Gasteiger partial charge in [0.1, 0.15) is 0 Å². The third-order valence-corrected chi connectivity index (χ3v) is 2.41. The molecular formula is C10H20LiNO. The van der Waals surface area contributed by atoms with Crippen molar-refractivity contribution in [1.82, 2.24) is 5.32 Å². The van der Waals surface area contributed by atoms with E-state index in [1.165, 1.54) is 19.3 Å². The maximum absolute atomic E-state index is 11.5. The summed E-state index contributed by atoms with van der Waals surface area (Å²) in [7, 11) is 0. The van der Waals surface area contributed by atoms with Crippen molar-refractivity contribution in [3.05, 3.63) is 0 Å². The van der Waals surface area contributed by atoms with Gasteiger partial charge >= 0.3 is 18.9 Å². The molecule has 0 radical (unpaired) electrons. The first-order chi connectivity index (χ1) is 5.70. The van der Waals surface area contributed by atoms with E-state index in [9.17, 15) is 4.79 Å². The van der Waals surface area contributed by atoms with Crippen LogP contribution in [0.1, 0.15) is 46.0 Å². The van der Waals surface area contributed by atoms with Crippen LogP contribution in [0.5, 0.6) is 0 Å². The molecule has 1 aliphatic carbocycles. The summed E-state index contributed by atoms with van der Waals surface area (Å²) in [5, 5.41) is 2.97. The molecule has 0 aromatic rings. The molecular weight excluding hydrogens is 157 g/mol. The van der Waals surface area contributed by atoms with Crippen molar-refractivity contribution in [2.24, 2.45) is 5.92 Å². The molecule has 3 heteroatoms. The SMILES string of the molecule is CC(C)NC(=O)C1CCCCC1.[LiH]. The molecule has 0 saturated heterocycles. The molecule has 1 fully saturated rings. The van der Waals surface area contributed by atoms with Gasteiger partial charge in [-0.25, -0.2) is 0 Å². The monoisotopic (exact) mass is 177 g/mol. The summed E-state index contributed by atoms with van der Waals surface area (Å²) >= 11 is 0. The van der Waals surface area contributed by atoms with Crippen molar-refractivity contribution in [2.75, 3.05) is 0 Å². The van der Waals surface area contributed by atoms with E-state index in [1.54, 1.807) is 0 Å². The Balaban J connectivity index is 0.00000144. The van der Waals surface area contributed by atoms with Gasteiger partial charge in [0.25, 0.3) is 0 Å². The summed E-state index contributed by atoms with van der Waals surface area (Å²) in [6.07, 6.45) is 5.97. The van der Waals surface area contributed by atoms with Crippen molar-refractivity contribution in [3.63, 3.8) is 0 Å². The third-order valence-electron chi connectivity index (χ3n) is 2.41. The van der Waals surface area contributed by atoms with Crippen LogP contribution in [0.15, 0.2) is 0 Å². The molecule has 1 N–H and O–H groups in total. The molecule has 2 nitrogen and oxygen atoms in total. The van der Waals surface area contributed by atoms with Crippen molar-refractivity contribution in [3.8, 4) is 0 Å². The van der Waals surface area contributed by atoms with Gasteiger partial charge in [0, 0.05) is 12.0 Å². The van der Waals surface area contributed by atoms with Crippen LogP contribution in [-0.4, -0.2) is 30.8 Å². The number of hydrogen-bond acceptors (Lipinski definition) is 1. The van der Waals surface area contributed by atoms with E-state index in [0.717, 1.165) is 12.8 Å². The molecule has 0 spiro atoms. The second kappa shape index (κ2) is 6.51. The van der Waals surface area contributed by atoms with Crippen LogP contribution in [0.25, 0.3) is 0 Å². The van der Waals surface area contributed by atoms with E-state index in [1.807, 2.05) is 13.8 Å². The number of carbonyl (C=O) groups excluding carboxylic acids is 1. The number of carbonyl (C=O) groups is 1. The van der Waals surface area contributed by atoms with Crippen molar-refractivity contribution >= 4 is 24.8 Å². The zero-order valence-electron chi connectivity index (χ0n) is 8.10. The van der Waals surface area contributed by atoms with Crippen molar-refractivity contribution in [2.45, 2.75) is 52.0 Å². The van der Waals surface area contributed by atoms with Crippen molar-refractivity contribution < 1.29 is 4.79 Å². The number of rotatable bonds is 2. The van der Waals surface area contributed by atoms with Gasteiger partial charge < -0.3 is 5.32 Å². The minimum absolute atomic E-state index is 0. The molecule has 1 saturated carbocycles. The fraction of sp³-hybridized carbons (Fsp3) is 0.900. The maximum atomic E-state index is 11.5. The summed E-state index contributed by atoms with van der Waals surface area (Å²) in [5.41, 5.74) is 0. The second-order valence-corrected chi connectivity index (χ2v) is 4.00. The predicted octanol–water partition coefficient (Wildman–Crippen LogP) is 1.44. The quantitative estimate of drug-likeness (QED) is 0.635. The molecule has 1 amide bonds. The van der Waals surface area contributed by atoms with Gasteiger partial charge in [0.15, 0.2) is 0 Å². The summed E-state index contributed by atoms with van der Waals surface area (Å²) < 4.78 is 0. The Morgan fingerprint density at radius 3 is 2.23 bits per heavy atom. The van der Waals surface area contributed by atoms with E-state index in [4.69, 9.17) is 0 Å². The Morgan fingerprint density at radius 2 is 1.77 bits per heavy atom. The molecule has 0 atom stereocenters. The molecule has 0 bridgehead atoms. The van der Waals surface area contributed by atoms with Gasteiger partial charge in [-0.15, -0.1) is 0 Å². The van der Waals surface area contributed by atoms with Gasteiger partial charge in [-0.1, -0.05) is 19.3 Å². The Hall–Kier alpha value is 0.0674. The van der Waals surface area contributed by atoms with Crippen LogP contribution in [0.3, 0.4) is 0 Å². The molecule has 0 unspecified atom stereocenters. The minimum atomic E-state index is 0. The average molecular weight is 177 g/mol. The fourth-order valence-electron chi connectivity index (χ4n) is 1.77. The van der Waals surface area contributed by atoms with Crippen molar-refractivity contribution in [1.29, 1.82) is 0 Å². The third kappa shape index (κ3) is 4.74. The number of nitrogens with one attached hydrogen (secondary N) is 1.